The summed E-state index contributed by atoms with van der Waals surface area (Å²) in [5, 5.41) is 10.8. The predicted octanol–water partition coefficient (Wildman–Crippen LogP) is 0.811. The second kappa shape index (κ2) is 8.73. The molecule has 0 aliphatic rings. The third kappa shape index (κ3) is 25.2. The monoisotopic (exact) mass is 191 g/mol. The molecule has 0 aromatic rings. The molecule has 2 nitrogen and oxygen atoms in total. The van der Waals surface area contributed by atoms with Gasteiger partial charge >= 0.3 is 28.3 Å². The van der Waals surface area contributed by atoms with Crippen LogP contribution in [0.2, 0.25) is 5.32 Å². The topological polar surface area (TPSA) is 40.1 Å². The summed E-state index contributed by atoms with van der Waals surface area (Å²) in [4.78, 5) is 9.98. The number of hydrogen-bond acceptors (Lipinski definition) is 2. The number of carbonyl (C=O) groups is 1. The normalized spacial score (nSPS) is 9.90. The Labute approximate surface area is 70.1 Å². The molecule has 0 aromatic heterocycles. The Morgan fingerprint density at radius 2 is 1.90 bits per heavy atom. The molecule has 0 spiro atoms. The zero-order valence-corrected chi connectivity index (χ0v) is 7.34. The number of hydrogen-bond donors (Lipinski definition) is 0. The molecule has 0 fully saturated rings. The van der Waals surface area contributed by atoms with Gasteiger partial charge in [0.2, 0.25) is 0 Å². The molecule has 0 saturated carbocycles. The molecule has 0 aromatic carbocycles. The predicted molar refractivity (Wildman–Crippen MR) is 34.9 cm³/mol. The summed E-state index contributed by atoms with van der Waals surface area (Å²) in [7, 11) is 0. The van der Waals surface area contributed by atoms with Crippen molar-refractivity contribution in [3.05, 3.63) is 11.8 Å². The summed E-state index contributed by atoms with van der Waals surface area (Å²) in [6.45, 7) is 4.63. The fourth-order valence-corrected chi connectivity index (χ4v) is 0.286. The Balaban J connectivity index is 0. The zero-order valence-electron chi connectivity index (χ0n) is 6.40. The van der Waals surface area contributed by atoms with E-state index in [4.69, 9.17) is 0 Å². The van der Waals surface area contributed by atoms with Gasteiger partial charge in [-0.3, -0.25) is 4.79 Å². The van der Waals surface area contributed by atoms with Crippen molar-refractivity contribution >= 4 is 5.78 Å². The van der Waals surface area contributed by atoms with Crippen LogP contribution in [0.5, 0.6) is 0 Å². The SMILES string of the molecule is CC(=O)/C=C(/C)[O-].C[CH2][Cu+]. The third-order valence-corrected chi connectivity index (χ3v) is 0.407. The van der Waals surface area contributed by atoms with E-state index in [1.807, 2.05) is 6.92 Å². The molecule has 0 N–H and O–H groups in total. The van der Waals surface area contributed by atoms with E-state index in [-0.39, 0.29) is 11.5 Å². The molecule has 0 aliphatic heterocycles. The molecule has 0 rings (SSSR count). The van der Waals surface area contributed by atoms with Gasteiger partial charge in [-0.1, -0.05) is 6.92 Å². The molecular weight excluding hydrogens is 180 g/mol. The van der Waals surface area contributed by atoms with Crippen molar-refractivity contribution < 1.29 is 25.9 Å². The van der Waals surface area contributed by atoms with Gasteiger partial charge < -0.3 is 5.11 Å². The molecule has 0 amide bonds. The first-order valence-corrected chi connectivity index (χ1v) is 3.57. The van der Waals surface area contributed by atoms with Crippen molar-refractivity contribution in [2.45, 2.75) is 26.1 Å². The Hall–Kier alpha value is -0.271. The Morgan fingerprint density at radius 3 is 1.90 bits per heavy atom. The molecule has 0 atom stereocenters. The minimum atomic E-state index is -0.187. The summed E-state index contributed by atoms with van der Waals surface area (Å²) in [6.07, 6.45) is 1.06. The van der Waals surface area contributed by atoms with Gasteiger partial charge in [-0.05, 0) is 13.0 Å². The molecule has 10 heavy (non-hydrogen) atoms. The van der Waals surface area contributed by atoms with E-state index >= 15 is 0 Å². The Bertz CT molecular complexity index is 115. The van der Waals surface area contributed by atoms with Crippen molar-refractivity contribution in [2.24, 2.45) is 0 Å². The third-order valence-electron chi connectivity index (χ3n) is 0.407. The van der Waals surface area contributed by atoms with Gasteiger partial charge in [-0.25, -0.2) is 0 Å². The Kier molecular flexibility index (Phi) is 10.8. The van der Waals surface area contributed by atoms with Gasteiger partial charge in [0.25, 0.3) is 0 Å². The maximum atomic E-state index is 9.98. The van der Waals surface area contributed by atoms with Gasteiger partial charge in [0, 0.05) is 0 Å². The summed E-state index contributed by atoms with van der Waals surface area (Å²) in [5.41, 5.74) is 0. The summed E-state index contributed by atoms with van der Waals surface area (Å²) in [6, 6.07) is 0. The van der Waals surface area contributed by atoms with Crippen LogP contribution in [-0.2, 0) is 20.8 Å². The van der Waals surface area contributed by atoms with Crippen LogP contribution in [0.15, 0.2) is 11.8 Å². The van der Waals surface area contributed by atoms with E-state index in [1.54, 1.807) is 0 Å². The second-order valence-electron chi connectivity index (χ2n) is 1.58. The molecule has 0 unspecified atom stereocenters. The maximum absolute atomic E-state index is 9.98. The van der Waals surface area contributed by atoms with Crippen molar-refractivity contribution in [2.75, 3.05) is 0 Å². The molecule has 63 valence electrons. The average Bonchev–Trinajstić information content (AvgIpc) is 1.62. The van der Waals surface area contributed by atoms with Crippen LogP contribution in [-0.4, -0.2) is 5.78 Å². The van der Waals surface area contributed by atoms with Gasteiger partial charge in [0.15, 0.2) is 5.78 Å². The van der Waals surface area contributed by atoms with E-state index in [2.05, 4.69) is 16.0 Å². The number of rotatable bonds is 1. The Morgan fingerprint density at radius 1 is 1.60 bits per heavy atom. The first-order valence-electron chi connectivity index (χ1n) is 2.91. The minimum absolute atomic E-state index is 0.187. The number of allylic oxidation sites excluding steroid dienone is 2. The van der Waals surface area contributed by atoms with Crippen molar-refractivity contribution in [3.8, 4) is 0 Å². The summed E-state index contributed by atoms with van der Waals surface area (Å²) >= 11 is 4.51. The van der Waals surface area contributed by atoms with Gasteiger partial charge in [-0.2, -0.15) is 0 Å². The molecule has 0 radical (unpaired) electrons. The molecular formula is C7H12CuO2. The van der Waals surface area contributed by atoms with E-state index < -0.39 is 0 Å². The fraction of sp³-hybridized carbons (Fsp3) is 0.571. The van der Waals surface area contributed by atoms with E-state index in [0.717, 1.165) is 11.4 Å². The van der Waals surface area contributed by atoms with Crippen LogP contribution in [0.4, 0.5) is 0 Å². The quantitative estimate of drug-likeness (QED) is 0.350. The zero-order chi connectivity index (χ0) is 8.57. The average molecular weight is 192 g/mol. The van der Waals surface area contributed by atoms with E-state index in [9.17, 15) is 9.90 Å². The second-order valence-corrected chi connectivity index (χ2v) is 2.24. The van der Waals surface area contributed by atoms with Crippen LogP contribution in [0.1, 0.15) is 20.8 Å². The van der Waals surface area contributed by atoms with Crippen LogP contribution < -0.4 is 5.11 Å². The van der Waals surface area contributed by atoms with Crippen molar-refractivity contribution in [3.63, 3.8) is 0 Å². The van der Waals surface area contributed by atoms with Crippen LogP contribution >= 0.6 is 0 Å². The summed E-state index contributed by atoms with van der Waals surface area (Å²) in [5.74, 6) is -0.375. The van der Waals surface area contributed by atoms with Gasteiger partial charge in [0.1, 0.15) is 0 Å². The van der Waals surface area contributed by atoms with Gasteiger partial charge in [0.05, 0.1) is 0 Å². The summed E-state index contributed by atoms with van der Waals surface area (Å²) < 4.78 is 0. The first-order chi connectivity index (χ1) is 4.54. The number of ketones is 1. The standard InChI is InChI=1S/C5H8O2.C2H5.Cu/c1-4(6)3-5(2)7;1-2;/h3,6H,1-2H3;1H2,2H3;/q;;+1/p-1/b4-3-;;. The molecule has 3 heteroatoms. The fourth-order valence-electron chi connectivity index (χ4n) is 0.286. The molecule has 0 heterocycles. The van der Waals surface area contributed by atoms with E-state index in [0.29, 0.717) is 0 Å². The van der Waals surface area contributed by atoms with Crippen LogP contribution in [0, 0.1) is 0 Å². The van der Waals surface area contributed by atoms with E-state index in [1.165, 1.54) is 13.8 Å². The van der Waals surface area contributed by atoms with Crippen molar-refractivity contribution in [1.82, 2.24) is 0 Å². The van der Waals surface area contributed by atoms with Crippen LogP contribution in [0.3, 0.4) is 0 Å². The molecule has 0 saturated heterocycles. The van der Waals surface area contributed by atoms with Crippen LogP contribution in [0.25, 0.3) is 0 Å². The number of carbonyl (C=O) groups excluding carboxylic acids is 1. The molecule has 0 bridgehead atoms. The first kappa shape index (κ1) is 12.4. The van der Waals surface area contributed by atoms with Crippen molar-refractivity contribution in [1.29, 1.82) is 0 Å². The molecule has 0 aliphatic carbocycles. The van der Waals surface area contributed by atoms with Gasteiger partial charge in [-0.15, -0.1) is 5.76 Å².